The van der Waals surface area contributed by atoms with Gasteiger partial charge in [0.1, 0.15) is 0 Å². The molecular formula is C14H19N3O2. The van der Waals surface area contributed by atoms with Crippen molar-refractivity contribution in [2.24, 2.45) is 0 Å². The van der Waals surface area contributed by atoms with Crippen molar-refractivity contribution in [3.8, 4) is 0 Å². The van der Waals surface area contributed by atoms with Gasteiger partial charge in [-0.1, -0.05) is 0 Å². The van der Waals surface area contributed by atoms with Crippen molar-refractivity contribution < 1.29 is 9.53 Å². The summed E-state index contributed by atoms with van der Waals surface area (Å²) in [5, 5.41) is 2.93. The van der Waals surface area contributed by atoms with E-state index in [0.717, 1.165) is 13.2 Å². The first-order valence-electron chi connectivity index (χ1n) is 6.87. The summed E-state index contributed by atoms with van der Waals surface area (Å²) in [6.07, 6.45) is 5.88. The maximum absolute atomic E-state index is 11.9. The molecule has 2 saturated heterocycles. The summed E-state index contributed by atoms with van der Waals surface area (Å²) >= 11 is 0. The molecule has 1 aromatic rings. The van der Waals surface area contributed by atoms with Crippen LogP contribution in [0.3, 0.4) is 0 Å². The molecule has 2 atom stereocenters. The predicted octanol–water partition coefficient (Wildman–Crippen LogP) is 0.675. The molecule has 0 saturated carbocycles. The van der Waals surface area contributed by atoms with E-state index >= 15 is 0 Å². The van der Waals surface area contributed by atoms with Gasteiger partial charge in [0.25, 0.3) is 5.91 Å². The molecule has 2 aliphatic rings. The number of ether oxygens (including phenoxy) is 1. The van der Waals surface area contributed by atoms with Gasteiger partial charge >= 0.3 is 0 Å². The van der Waals surface area contributed by atoms with Gasteiger partial charge in [0, 0.05) is 37.1 Å². The van der Waals surface area contributed by atoms with E-state index in [4.69, 9.17) is 4.74 Å². The average Bonchev–Trinajstić information content (AvgIpc) is 2.93. The van der Waals surface area contributed by atoms with Crippen molar-refractivity contribution >= 4 is 5.91 Å². The average molecular weight is 261 g/mol. The summed E-state index contributed by atoms with van der Waals surface area (Å²) in [5.41, 5.74) is 0.643. The molecule has 2 fully saturated rings. The lowest BCUT2D eigenvalue weighted by Gasteiger charge is -2.35. The first-order valence-corrected chi connectivity index (χ1v) is 6.87. The third-order valence-electron chi connectivity index (χ3n) is 3.89. The van der Waals surface area contributed by atoms with Crippen LogP contribution in [0, 0.1) is 0 Å². The zero-order valence-electron chi connectivity index (χ0n) is 10.9. The van der Waals surface area contributed by atoms with Crippen molar-refractivity contribution in [1.29, 1.82) is 0 Å². The van der Waals surface area contributed by atoms with Crippen LogP contribution in [0.4, 0.5) is 0 Å². The SMILES string of the molecule is O=C(NC[C@H]1CN2CCC[C@@H]2CO1)c1ccncc1. The van der Waals surface area contributed by atoms with Gasteiger partial charge in [-0.2, -0.15) is 0 Å². The van der Waals surface area contributed by atoms with Crippen LogP contribution in [0.1, 0.15) is 23.2 Å². The number of aromatic nitrogens is 1. The van der Waals surface area contributed by atoms with E-state index in [0.29, 0.717) is 18.2 Å². The maximum Gasteiger partial charge on any atom is 0.251 e. The van der Waals surface area contributed by atoms with Crippen molar-refractivity contribution in [1.82, 2.24) is 15.2 Å². The van der Waals surface area contributed by atoms with Crippen LogP contribution in [-0.4, -0.2) is 54.2 Å². The summed E-state index contributed by atoms with van der Waals surface area (Å²) in [6, 6.07) is 4.04. The molecule has 0 unspecified atom stereocenters. The summed E-state index contributed by atoms with van der Waals surface area (Å²) < 4.78 is 5.81. The van der Waals surface area contributed by atoms with Gasteiger partial charge in [-0.15, -0.1) is 0 Å². The van der Waals surface area contributed by atoms with E-state index in [1.165, 1.54) is 19.4 Å². The van der Waals surface area contributed by atoms with Crippen LogP contribution in [-0.2, 0) is 4.74 Å². The number of fused-ring (bicyclic) bond motifs is 1. The number of hydrogen-bond acceptors (Lipinski definition) is 4. The zero-order valence-corrected chi connectivity index (χ0v) is 10.9. The number of carbonyl (C=O) groups is 1. The summed E-state index contributed by atoms with van der Waals surface area (Å²) in [5.74, 6) is -0.0606. The number of hydrogen-bond donors (Lipinski definition) is 1. The highest BCUT2D eigenvalue weighted by atomic mass is 16.5. The lowest BCUT2D eigenvalue weighted by Crippen LogP contribution is -2.50. The molecule has 0 spiro atoms. The number of rotatable bonds is 3. The fraction of sp³-hybridized carbons (Fsp3) is 0.571. The standard InChI is InChI=1S/C14H19N3O2/c18-14(11-3-5-15-6-4-11)16-8-13-9-17-7-1-2-12(17)10-19-13/h3-6,12-13H,1-2,7-10H2,(H,16,18)/t12-,13+/m1/s1. The second kappa shape index (κ2) is 5.67. The molecule has 1 aromatic heterocycles. The number of amides is 1. The van der Waals surface area contributed by atoms with E-state index in [9.17, 15) is 4.79 Å². The largest absolute Gasteiger partial charge is 0.373 e. The molecule has 0 bridgehead atoms. The number of pyridine rings is 1. The second-order valence-corrected chi connectivity index (χ2v) is 5.19. The zero-order chi connectivity index (χ0) is 13.1. The van der Waals surface area contributed by atoms with Gasteiger partial charge in [0.2, 0.25) is 0 Å². The molecule has 5 heteroatoms. The number of nitrogens with zero attached hydrogens (tertiary/aromatic N) is 2. The molecule has 0 aliphatic carbocycles. The Bertz CT molecular complexity index is 438. The molecule has 3 rings (SSSR count). The van der Waals surface area contributed by atoms with Crippen molar-refractivity contribution in [2.75, 3.05) is 26.2 Å². The fourth-order valence-electron chi connectivity index (χ4n) is 2.82. The van der Waals surface area contributed by atoms with E-state index in [-0.39, 0.29) is 12.0 Å². The minimum atomic E-state index is -0.0606. The Morgan fingerprint density at radius 3 is 3.16 bits per heavy atom. The van der Waals surface area contributed by atoms with Crippen LogP contribution in [0.25, 0.3) is 0 Å². The molecular weight excluding hydrogens is 242 g/mol. The monoisotopic (exact) mass is 261 g/mol. The highest BCUT2D eigenvalue weighted by Gasteiger charge is 2.32. The van der Waals surface area contributed by atoms with Gasteiger partial charge in [-0.25, -0.2) is 0 Å². The molecule has 3 heterocycles. The number of morpholine rings is 1. The third kappa shape index (κ3) is 2.93. The van der Waals surface area contributed by atoms with E-state index in [2.05, 4.69) is 15.2 Å². The highest BCUT2D eigenvalue weighted by Crippen LogP contribution is 2.22. The van der Waals surface area contributed by atoms with Crippen molar-refractivity contribution in [3.63, 3.8) is 0 Å². The van der Waals surface area contributed by atoms with Crippen molar-refractivity contribution in [2.45, 2.75) is 25.0 Å². The van der Waals surface area contributed by atoms with Gasteiger partial charge in [0.15, 0.2) is 0 Å². The van der Waals surface area contributed by atoms with Crippen LogP contribution in [0.15, 0.2) is 24.5 Å². The Labute approximate surface area is 113 Å². The lowest BCUT2D eigenvalue weighted by molar-refractivity contribution is -0.0461. The van der Waals surface area contributed by atoms with Crippen LogP contribution >= 0.6 is 0 Å². The minimum absolute atomic E-state index is 0.0606. The molecule has 1 amide bonds. The summed E-state index contributed by atoms with van der Waals surface area (Å²) in [7, 11) is 0. The maximum atomic E-state index is 11.9. The fourth-order valence-corrected chi connectivity index (χ4v) is 2.82. The predicted molar refractivity (Wildman–Crippen MR) is 70.9 cm³/mol. The Morgan fingerprint density at radius 2 is 2.32 bits per heavy atom. The van der Waals surface area contributed by atoms with Crippen LogP contribution in [0.5, 0.6) is 0 Å². The first-order chi connectivity index (χ1) is 9.33. The van der Waals surface area contributed by atoms with Crippen LogP contribution in [0.2, 0.25) is 0 Å². The highest BCUT2D eigenvalue weighted by molar-refractivity contribution is 5.93. The van der Waals surface area contributed by atoms with Gasteiger partial charge in [-0.05, 0) is 31.5 Å². The molecule has 0 radical (unpaired) electrons. The van der Waals surface area contributed by atoms with Crippen molar-refractivity contribution in [3.05, 3.63) is 30.1 Å². The normalized spacial score (nSPS) is 26.9. The smallest absolute Gasteiger partial charge is 0.251 e. The van der Waals surface area contributed by atoms with E-state index in [1.54, 1.807) is 24.5 Å². The summed E-state index contributed by atoms with van der Waals surface area (Å²) in [4.78, 5) is 18.3. The number of nitrogens with one attached hydrogen (secondary N) is 1. The van der Waals surface area contributed by atoms with E-state index in [1.807, 2.05) is 0 Å². The van der Waals surface area contributed by atoms with Gasteiger partial charge < -0.3 is 10.1 Å². The second-order valence-electron chi connectivity index (χ2n) is 5.19. The number of carbonyl (C=O) groups excluding carboxylic acids is 1. The van der Waals surface area contributed by atoms with Gasteiger partial charge in [-0.3, -0.25) is 14.7 Å². The van der Waals surface area contributed by atoms with E-state index < -0.39 is 0 Å². The Morgan fingerprint density at radius 1 is 1.47 bits per heavy atom. The third-order valence-corrected chi connectivity index (χ3v) is 3.89. The molecule has 0 aromatic carbocycles. The topological polar surface area (TPSA) is 54.5 Å². The molecule has 1 N–H and O–H groups in total. The van der Waals surface area contributed by atoms with Gasteiger partial charge in [0.05, 0.1) is 12.7 Å². The summed E-state index contributed by atoms with van der Waals surface area (Å²) in [6.45, 7) is 3.48. The molecule has 19 heavy (non-hydrogen) atoms. The van der Waals surface area contributed by atoms with Crippen LogP contribution < -0.4 is 5.32 Å². The molecule has 2 aliphatic heterocycles. The first kappa shape index (κ1) is 12.6. The molecule has 5 nitrogen and oxygen atoms in total. The Hall–Kier alpha value is -1.46. The Kier molecular flexibility index (Phi) is 3.75. The quantitative estimate of drug-likeness (QED) is 0.869. The lowest BCUT2D eigenvalue weighted by atomic mass is 10.2. The minimum Gasteiger partial charge on any atom is -0.373 e. The molecule has 102 valence electrons. The Balaban J connectivity index is 1.49.